The Morgan fingerprint density at radius 3 is 2.42 bits per heavy atom. The van der Waals surface area contributed by atoms with Gasteiger partial charge in [-0.2, -0.15) is 5.26 Å². The summed E-state index contributed by atoms with van der Waals surface area (Å²) in [6, 6.07) is 3.07. The molecule has 1 saturated carbocycles. The summed E-state index contributed by atoms with van der Waals surface area (Å²) >= 11 is 0. The quantitative estimate of drug-likeness (QED) is 0.583. The van der Waals surface area contributed by atoms with Gasteiger partial charge in [0.1, 0.15) is 5.54 Å². The van der Waals surface area contributed by atoms with Gasteiger partial charge in [0.05, 0.1) is 6.07 Å². The average Bonchev–Trinajstić information content (AvgIpc) is 3.22. The van der Waals surface area contributed by atoms with Crippen molar-refractivity contribution in [2.24, 2.45) is 0 Å². The Labute approximate surface area is 119 Å². The lowest BCUT2D eigenvalue weighted by atomic mass is 9.96. The second-order valence-electron chi connectivity index (χ2n) is 6.11. The maximum atomic E-state index is 9.31. The lowest BCUT2D eigenvalue weighted by molar-refractivity contribution is 0.271. The predicted octanol–water partition coefficient (Wildman–Crippen LogP) is 3.31. The molecule has 0 aromatic carbocycles. The lowest BCUT2D eigenvalue weighted by Crippen LogP contribution is -2.42. The van der Waals surface area contributed by atoms with Crippen molar-refractivity contribution >= 4 is 0 Å². The number of hydrogen-bond donors (Lipinski definition) is 1. The maximum absolute atomic E-state index is 9.31. The molecule has 0 amide bonds. The zero-order valence-electron chi connectivity index (χ0n) is 13.0. The first-order valence-corrected chi connectivity index (χ1v) is 8.05. The molecule has 1 unspecified atom stereocenters. The van der Waals surface area contributed by atoms with E-state index in [-0.39, 0.29) is 5.54 Å². The standard InChI is InChI=1S/C16H31N3/c1-4-6-12-19(5-2)13-8-7-11-16(3,14-17)18-15-9-10-15/h15,18H,4-13H2,1-3H3. The highest BCUT2D eigenvalue weighted by molar-refractivity contribution is 5.06. The highest BCUT2D eigenvalue weighted by Gasteiger charge is 2.31. The zero-order valence-corrected chi connectivity index (χ0v) is 13.0. The molecule has 3 heteroatoms. The first-order valence-electron chi connectivity index (χ1n) is 8.05. The fourth-order valence-corrected chi connectivity index (χ4v) is 2.46. The summed E-state index contributed by atoms with van der Waals surface area (Å²) < 4.78 is 0. The number of nitriles is 1. The van der Waals surface area contributed by atoms with Crippen LogP contribution in [-0.4, -0.2) is 36.1 Å². The van der Waals surface area contributed by atoms with Crippen molar-refractivity contribution in [3.05, 3.63) is 0 Å². The van der Waals surface area contributed by atoms with E-state index in [2.05, 4.69) is 37.1 Å². The van der Waals surface area contributed by atoms with Gasteiger partial charge in [0.15, 0.2) is 0 Å². The summed E-state index contributed by atoms with van der Waals surface area (Å²) in [5, 5.41) is 12.8. The number of hydrogen-bond acceptors (Lipinski definition) is 3. The summed E-state index contributed by atoms with van der Waals surface area (Å²) in [7, 11) is 0. The van der Waals surface area contributed by atoms with Gasteiger partial charge < -0.3 is 4.90 Å². The third-order valence-electron chi connectivity index (χ3n) is 4.02. The Morgan fingerprint density at radius 2 is 1.89 bits per heavy atom. The Morgan fingerprint density at radius 1 is 1.21 bits per heavy atom. The van der Waals surface area contributed by atoms with Crippen LogP contribution < -0.4 is 5.32 Å². The fraction of sp³-hybridized carbons (Fsp3) is 0.938. The van der Waals surface area contributed by atoms with Crippen molar-refractivity contribution in [1.82, 2.24) is 10.2 Å². The summed E-state index contributed by atoms with van der Waals surface area (Å²) in [5.74, 6) is 0. The van der Waals surface area contributed by atoms with E-state index in [0.29, 0.717) is 6.04 Å². The van der Waals surface area contributed by atoms with Crippen molar-refractivity contribution in [3.63, 3.8) is 0 Å². The Balaban J connectivity index is 2.15. The number of unbranched alkanes of at least 4 members (excludes halogenated alkanes) is 2. The predicted molar refractivity (Wildman–Crippen MR) is 81.0 cm³/mol. The minimum atomic E-state index is -0.304. The summed E-state index contributed by atoms with van der Waals surface area (Å²) in [4.78, 5) is 2.53. The molecule has 0 heterocycles. The average molecular weight is 265 g/mol. The Hall–Kier alpha value is -0.590. The lowest BCUT2D eigenvalue weighted by Gasteiger charge is -2.24. The van der Waals surface area contributed by atoms with Crippen LogP contribution in [0.25, 0.3) is 0 Å². The highest BCUT2D eigenvalue weighted by atomic mass is 15.1. The van der Waals surface area contributed by atoms with Crippen molar-refractivity contribution in [2.45, 2.75) is 77.3 Å². The van der Waals surface area contributed by atoms with Gasteiger partial charge >= 0.3 is 0 Å². The number of rotatable bonds is 11. The monoisotopic (exact) mass is 265 g/mol. The molecule has 1 aliphatic carbocycles. The van der Waals surface area contributed by atoms with E-state index in [1.54, 1.807) is 0 Å². The van der Waals surface area contributed by atoms with E-state index in [9.17, 15) is 5.26 Å². The summed E-state index contributed by atoms with van der Waals surface area (Å²) in [6.07, 6.45) is 8.40. The van der Waals surface area contributed by atoms with Crippen LogP contribution in [0.5, 0.6) is 0 Å². The van der Waals surface area contributed by atoms with E-state index in [1.165, 1.54) is 45.2 Å². The molecule has 0 aromatic rings. The highest BCUT2D eigenvalue weighted by Crippen LogP contribution is 2.24. The normalized spacial score (nSPS) is 18.3. The van der Waals surface area contributed by atoms with E-state index in [1.807, 2.05) is 0 Å². The third kappa shape index (κ3) is 6.94. The Kier molecular flexibility index (Phi) is 7.41. The third-order valence-corrected chi connectivity index (χ3v) is 4.02. The van der Waals surface area contributed by atoms with Crippen LogP contribution in [0.1, 0.15) is 65.7 Å². The van der Waals surface area contributed by atoms with Crippen molar-refractivity contribution < 1.29 is 0 Å². The maximum Gasteiger partial charge on any atom is 0.104 e. The van der Waals surface area contributed by atoms with E-state index < -0.39 is 0 Å². The van der Waals surface area contributed by atoms with Gasteiger partial charge in [-0.1, -0.05) is 20.3 Å². The van der Waals surface area contributed by atoms with Crippen LogP contribution >= 0.6 is 0 Å². The van der Waals surface area contributed by atoms with Crippen molar-refractivity contribution in [2.75, 3.05) is 19.6 Å². The van der Waals surface area contributed by atoms with Gasteiger partial charge in [-0.25, -0.2) is 0 Å². The van der Waals surface area contributed by atoms with Crippen LogP contribution in [0.3, 0.4) is 0 Å². The van der Waals surface area contributed by atoms with Gasteiger partial charge in [0.2, 0.25) is 0 Å². The van der Waals surface area contributed by atoms with Gasteiger partial charge in [0, 0.05) is 6.04 Å². The molecule has 0 aromatic heterocycles. The van der Waals surface area contributed by atoms with Crippen LogP contribution in [0.4, 0.5) is 0 Å². The molecule has 110 valence electrons. The van der Waals surface area contributed by atoms with Gasteiger partial charge in [-0.05, 0) is 65.1 Å². The van der Waals surface area contributed by atoms with E-state index in [0.717, 1.165) is 19.4 Å². The molecule has 3 nitrogen and oxygen atoms in total. The molecule has 1 rings (SSSR count). The first-order chi connectivity index (χ1) is 9.13. The molecule has 0 bridgehead atoms. The van der Waals surface area contributed by atoms with Crippen LogP contribution in [-0.2, 0) is 0 Å². The minimum absolute atomic E-state index is 0.304. The molecular weight excluding hydrogens is 234 g/mol. The van der Waals surface area contributed by atoms with Crippen LogP contribution in [0, 0.1) is 11.3 Å². The molecule has 19 heavy (non-hydrogen) atoms. The van der Waals surface area contributed by atoms with E-state index in [4.69, 9.17) is 0 Å². The molecule has 0 saturated heterocycles. The largest absolute Gasteiger partial charge is 0.304 e. The van der Waals surface area contributed by atoms with Crippen LogP contribution in [0.2, 0.25) is 0 Å². The molecule has 1 N–H and O–H groups in total. The van der Waals surface area contributed by atoms with Gasteiger partial charge in [0.25, 0.3) is 0 Å². The fourth-order valence-electron chi connectivity index (χ4n) is 2.46. The van der Waals surface area contributed by atoms with Crippen molar-refractivity contribution in [1.29, 1.82) is 5.26 Å². The Bertz CT molecular complexity index is 280. The topological polar surface area (TPSA) is 39.1 Å². The second-order valence-corrected chi connectivity index (χ2v) is 6.11. The molecule has 0 aliphatic heterocycles. The van der Waals surface area contributed by atoms with Gasteiger partial charge in [-0.15, -0.1) is 0 Å². The molecule has 0 spiro atoms. The van der Waals surface area contributed by atoms with Crippen LogP contribution in [0.15, 0.2) is 0 Å². The molecule has 1 atom stereocenters. The number of nitrogens with one attached hydrogen (secondary N) is 1. The second kappa shape index (κ2) is 8.55. The molecular formula is C16H31N3. The SMILES string of the molecule is CCCCN(CC)CCCCC(C)(C#N)NC1CC1. The minimum Gasteiger partial charge on any atom is -0.304 e. The first kappa shape index (κ1) is 16.5. The molecule has 1 fully saturated rings. The van der Waals surface area contributed by atoms with E-state index >= 15 is 0 Å². The van der Waals surface area contributed by atoms with Gasteiger partial charge in [-0.3, -0.25) is 5.32 Å². The smallest absolute Gasteiger partial charge is 0.104 e. The number of nitrogens with zero attached hydrogens (tertiary/aromatic N) is 2. The van der Waals surface area contributed by atoms with Crippen molar-refractivity contribution in [3.8, 4) is 6.07 Å². The molecule has 0 radical (unpaired) electrons. The summed E-state index contributed by atoms with van der Waals surface area (Å²) in [6.45, 7) is 10.1. The zero-order chi connectivity index (χ0) is 14.1. The molecule has 1 aliphatic rings. The summed E-state index contributed by atoms with van der Waals surface area (Å²) in [5.41, 5.74) is -0.304.